The largest absolute Gasteiger partial charge is 0.350 e. The van der Waals surface area contributed by atoms with E-state index in [1.807, 2.05) is 22.6 Å². The molecule has 1 aromatic rings. The molecule has 26 heavy (non-hydrogen) atoms. The summed E-state index contributed by atoms with van der Waals surface area (Å²) in [5.74, 6) is -0.771. The van der Waals surface area contributed by atoms with Gasteiger partial charge in [-0.2, -0.15) is 0 Å². The summed E-state index contributed by atoms with van der Waals surface area (Å²) in [6.45, 7) is 1.97. The predicted molar refractivity (Wildman–Crippen MR) is 104 cm³/mol. The minimum Gasteiger partial charge on any atom is -0.350 e. The lowest BCUT2D eigenvalue weighted by atomic mass is 10.1. The molecule has 2 atom stereocenters. The summed E-state index contributed by atoms with van der Waals surface area (Å²) in [5, 5.41) is 0. The lowest BCUT2D eigenvalue weighted by Gasteiger charge is -2.28. The van der Waals surface area contributed by atoms with Gasteiger partial charge in [0.2, 0.25) is 0 Å². The van der Waals surface area contributed by atoms with Crippen LogP contribution in [-0.4, -0.2) is 42.8 Å². The number of hydrogen-bond donors (Lipinski definition) is 1. The van der Waals surface area contributed by atoms with Crippen molar-refractivity contribution in [2.75, 3.05) is 12.9 Å². The summed E-state index contributed by atoms with van der Waals surface area (Å²) in [7, 11) is -3.76. The van der Waals surface area contributed by atoms with Crippen LogP contribution < -0.4 is 11.0 Å². The number of sulfone groups is 1. The molecule has 2 heterocycles. The number of amides is 1. The van der Waals surface area contributed by atoms with Gasteiger partial charge in [0.15, 0.2) is 20.9 Å². The summed E-state index contributed by atoms with van der Waals surface area (Å²) >= 11 is 2.02. The molecule has 1 N–H and O–H groups in total. The number of rotatable bonds is 7. The molecule has 1 aromatic heterocycles. The van der Waals surface area contributed by atoms with Crippen LogP contribution in [0.2, 0.25) is 0 Å². The second kappa shape index (κ2) is 8.81. The van der Waals surface area contributed by atoms with Gasteiger partial charge in [0.05, 0.1) is 0 Å². The van der Waals surface area contributed by atoms with Crippen molar-refractivity contribution in [3.63, 3.8) is 0 Å². The molecule has 1 saturated heterocycles. The van der Waals surface area contributed by atoms with E-state index < -0.39 is 26.8 Å². The van der Waals surface area contributed by atoms with E-state index in [0.29, 0.717) is 13.0 Å². The van der Waals surface area contributed by atoms with Crippen molar-refractivity contribution in [1.29, 1.82) is 0 Å². The van der Waals surface area contributed by atoms with E-state index >= 15 is 0 Å². The van der Waals surface area contributed by atoms with E-state index in [-0.39, 0.29) is 18.5 Å². The molecule has 0 unspecified atom stereocenters. The Labute approximate surface area is 166 Å². The van der Waals surface area contributed by atoms with Gasteiger partial charge in [0.1, 0.15) is 0 Å². The third-order valence-corrected chi connectivity index (χ3v) is 7.20. The molecule has 0 radical (unpaired) electrons. The number of carbonyl (C=O) groups is 1. The van der Waals surface area contributed by atoms with Crippen LogP contribution in [0, 0.1) is 3.57 Å². The van der Waals surface area contributed by atoms with E-state index in [1.54, 1.807) is 12.3 Å². The van der Waals surface area contributed by atoms with E-state index in [4.69, 9.17) is 9.57 Å². The number of hydrogen-bond acceptors (Lipinski definition) is 6. The number of hydroxylamine groups is 1. The summed E-state index contributed by atoms with van der Waals surface area (Å²) in [6, 6.07) is 3.19. The zero-order valence-corrected chi connectivity index (χ0v) is 17.7. The Morgan fingerprint density at radius 1 is 1.50 bits per heavy atom. The van der Waals surface area contributed by atoms with Crippen LogP contribution in [0.1, 0.15) is 32.6 Å². The molecule has 146 valence electrons. The standard InChI is InChI=1S/C16H23IN2O6S/c1-16(26(2,22)23,7-9-19-8-6-12(17)11-13(19)20)15(21)18-25-14-5-3-4-10-24-14/h6,8,11,14H,3-5,7,9-10H2,1-2H3,(H,18,21)/t14-,16-/m1/s1. The highest BCUT2D eigenvalue weighted by Crippen LogP contribution is 2.23. The number of ether oxygens (including phenoxy) is 1. The summed E-state index contributed by atoms with van der Waals surface area (Å²) in [5.41, 5.74) is 1.98. The normalized spacial score (nSPS) is 20.3. The van der Waals surface area contributed by atoms with Gasteiger partial charge in [-0.1, -0.05) is 0 Å². The van der Waals surface area contributed by atoms with Crippen LogP contribution >= 0.6 is 22.6 Å². The molecule has 0 aromatic carbocycles. The minimum absolute atomic E-state index is 0.0625. The van der Waals surface area contributed by atoms with E-state index in [9.17, 15) is 18.0 Å². The van der Waals surface area contributed by atoms with E-state index in [0.717, 1.165) is 22.7 Å². The van der Waals surface area contributed by atoms with Crippen LogP contribution in [0.5, 0.6) is 0 Å². The third-order valence-electron chi connectivity index (χ3n) is 4.51. The molecular formula is C16H23IN2O6S. The van der Waals surface area contributed by atoms with Gasteiger partial charge < -0.3 is 9.30 Å². The highest BCUT2D eigenvalue weighted by atomic mass is 127. The fraction of sp³-hybridized carbons (Fsp3) is 0.625. The molecule has 0 saturated carbocycles. The van der Waals surface area contributed by atoms with Crippen LogP contribution in [0.4, 0.5) is 0 Å². The van der Waals surface area contributed by atoms with Gasteiger partial charge in [-0.05, 0) is 54.8 Å². The van der Waals surface area contributed by atoms with E-state index in [2.05, 4.69) is 5.48 Å². The van der Waals surface area contributed by atoms with Crippen molar-refractivity contribution in [2.45, 2.75) is 50.2 Å². The van der Waals surface area contributed by atoms with Crippen molar-refractivity contribution >= 4 is 38.3 Å². The molecular weight excluding hydrogens is 475 g/mol. The maximum atomic E-state index is 12.6. The molecule has 2 rings (SSSR count). The Balaban J connectivity index is 2.08. The molecule has 1 fully saturated rings. The monoisotopic (exact) mass is 498 g/mol. The van der Waals surface area contributed by atoms with Gasteiger partial charge in [-0.25, -0.2) is 18.7 Å². The number of pyridine rings is 1. The Kier molecular flexibility index (Phi) is 7.22. The second-order valence-electron chi connectivity index (χ2n) is 6.47. The molecule has 1 aliphatic rings. The van der Waals surface area contributed by atoms with Crippen LogP contribution in [0.15, 0.2) is 23.1 Å². The lowest BCUT2D eigenvalue weighted by molar-refractivity contribution is -0.201. The highest BCUT2D eigenvalue weighted by Gasteiger charge is 2.43. The first-order valence-electron chi connectivity index (χ1n) is 8.27. The average Bonchev–Trinajstić information content (AvgIpc) is 2.58. The Bertz CT molecular complexity index is 803. The average molecular weight is 498 g/mol. The van der Waals surface area contributed by atoms with Crippen LogP contribution in [0.3, 0.4) is 0 Å². The Morgan fingerprint density at radius 3 is 2.81 bits per heavy atom. The number of aromatic nitrogens is 1. The molecule has 1 amide bonds. The van der Waals surface area contributed by atoms with Crippen molar-refractivity contribution in [3.8, 4) is 0 Å². The molecule has 8 nitrogen and oxygen atoms in total. The third kappa shape index (κ3) is 5.27. The fourth-order valence-corrected chi connectivity index (χ4v) is 3.77. The first-order valence-corrected chi connectivity index (χ1v) is 11.2. The molecule has 0 aliphatic carbocycles. The summed E-state index contributed by atoms with van der Waals surface area (Å²) in [4.78, 5) is 29.8. The predicted octanol–water partition coefficient (Wildman–Crippen LogP) is 1.22. The number of carbonyl (C=O) groups excluding carboxylic acids is 1. The zero-order valence-electron chi connectivity index (χ0n) is 14.7. The van der Waals surface area contributed by atoms with Gasteiger partial charge >= 0.3 is 0 Å². The maximum Gasteiger partial charge on any atom is 0.264 e. The van der Waals surface area contributed by atoms with Crippen molar-refractivity contribution in [1.82, 2.24) is 10.0 Å². The minimum atomic E-state index is -3.76. The van der Waals surface area contributed by atoms with Crippen molar-refractivity contribution in [3.05, 3.63) is 32.3 Å². The van der Waals surface area contributed by atoms with E-state index in [1.165, 1.54) is 17.6 Å². The van der Waals surface area contributed by atoms with Gasteiger partial charge in [-0.3, -0.25) is 9.59 Å². The Hall–Kier alpha value is -0.980. The topological polar surface area (TPSA) is 104 Å². The lowest BCUT2D eigenvalue weighted by Crippen LogP contribution is -2.51. The number of nitrogens with one attached hydrogen (secondary N) is 1. The number of nitrogens with zero attached hydrogens (tertiary/aromatic N) is 1. The number of halogens is 1. The van der Waals surface area contributed by atoms with Crippen LogP contribution in [-0.2, 0) is 30.8 Å². The molecule has 10 heteroatoms. The van der Waals surface area contributed by atoms with Gasteiger partial charge in [0.25, 0.3) is 11.5 Å². The molecule has 1 aliphatic heterocycles. The maximum absolute atomic E-state index is 12.6. The van der Waals surface area contributed by atoms with Crippen molar-refractivity contribution < 1.29 is 22.8 Å². The quantitative estimate of drug-likeness (QED) is 0.448. The van der Waals surface area contributed by atoms with Gasteiger partial charge in [-0.15, -0.1) is 0 Å². The first kappa shape index (κ1) is 21.3. The van der Waals surface area contributed by atoms with Crippen molar-refractivity contribution in [2.24, 2.45) is 0 Å². The highest BCUT2D eigenvalue weighted by molar-refractivity contribution is 14.1. The van der Waals surface area contributed by atoms with Crippen LogP contribution in [0.25, 0.3) is 0 Å². The summed E-state index contributed by atoms with van der Waals surface area (Å²) < 4.78 is 30.3. The zero-order chi connectivity index (χ0) is 19.4. The molecule has 0 spiro atoms. The second-order valence-corrected chi connectivity index (χ2v) is 10.2. The molecule has 0 bridgehead atoms. The fourth-order valence-electron chi connectivity index (χ4n) is 2.50. The SMILES string of the molecule is C[C@@](CCn1ccc(I)cc1=O)(C(=O)NO[C@@H]1CCCCO1)S(C)(=O)=O. The number of aryl methyl sites for hydroxylation is 1. The first-order chi connectivity index (χ1) is 12.1. The van der Waals surface area contributed by atoms with Gasteiger partial charge in [0, 0.05) is 41.7 Å². The Morgan fingerprint density at radius 2 is 2.23 bits per heavy atom. The summed E-state index contributed by atoms with van der Waals surface area (Å²) in [6.07, 6.45) is 4.42. The smallest absolute Gasteiger partial charge is 0.264 e.